The molecule has 0 amide bonds. The normalized spacial score (nSPS) is 36.9. The minimum absolute atomic E-state index is 0.545. The molecule has 3 unspecified atom stereocenters. The predicted molar refractivity (Wildman–Crippen MR) is 60.4 cm³/mol. The Hall–Kier alpha value is -0.363. The minimum atomic E-state index is -0.757. The Morgan fingerprint density at radius 1 is 1.69 bits per heavy atom. The lowest BCUT2D eigenvalue weighted by Gasteiger charge is -2.15. The number of rotatable bonds is 1. The van der Waals surface area contributed by atoms with Crippen molar-refractivity contribution in [2.75, 3.05) is 0 Å². The predicted octanol–water partition coefficient (Wildman–Crippen LogP) is 2.76. The summed E-state index contributed by atoms with van der Waals surface area (Å²) in [6, 6.07) is 0. The molecule has 2 heteroatoms. The highest BCUT2D eigenvalue weighted by Crippen LogP contribution is 2.46. The van der Waals surface area contributed by atoms with Crippen molar-refractivity contribution in [3.63, 3.8) is 0 Å². The molecule has 2 bridgehead atoms. The Balaban J connectivity index is 2.34. The molecule has 0 saturated heterocycles. The molecule has 1 fully saturated rings. The number of fused-ring (bicyclic) bond motifs is 2. The van der Waals surface area contributed by atoms with E-state index in [-0.39, 0.29) is 0 Å². The van der Waals surface area contributed by atoms with E-state index in [4.69, 9.17) is 11.1 Å². The van der Waals surface area contributed by atoms with Crippen LogP contribution in [0.2, 0.25) is 6.55 Å². The van der Waals surface area contributed by atoms with Crippen molar-refractivity contribution >= 4 is 24.5 Å². The van der Waals surface area contributed by atoms with Gasteiger partial charge in [-0.15, -0.1) is 16.8 Å². The lowest BCUT2D eigenvalue weighted by Crippen LogP contribution is -2.14. The number of halogens is 1. The van der Waals surface area contributed by atoms with Crippen LogP contribution >= 0.6 is 11.1 Å². The summed E-state index contributed by atoms with van der Waals surface area (Å²) in [5.74, 6) is 1.85. The fourth-order valence-electron chi connectivity index (χ4n) is 2.41. The average molecular weight is 209 g/mol. The Kier molecular flexibility index (Phi) is 2.42. The van der Waals surface area contributed by atoms with Crippen molar-refractivity contribution in [2.24, 2.45) is 17.8 Å². The van der Waals surface area contributed by atoms with Gasteiger partial charge in [-0.25, -0.2) is 0 Å². The van der Waals surface area contributed by atoms with Gasteiger partial charge in [-0.05, 0) is 24.5 Å². The molecule has 2 rings (SSSR count). The highest BCUT2D eigenvalue weighted by atomic mass is 35.6. The van der Waals surface area contributed by atoms with Crippen LogP contribution in [0.5, 0.6) is 0 Å². The molecule has 0 aromatic rings. The lowest BCUT2D eigenvalue weighted by molar-refractivity contribution is 0.640. The van der Waals surface area contributed by atoms with Crippen LogP contribution < -0.4 is 0 Å². The van der Waals surface area contributed by atoms with Gasteiger partial charge in [0.05, 0.1) is 0 Å². The summed E-state index contributed by atoms with van der Waals surface area (Å²) in [6.07, 6.45) is 5.87. The van der Waals surface area contributed by atoms with Crippen molar-refractivity contribution in [1.29, 1.82) is 0 Å². The largest absolute Gasteiger partial charge is 0.140 e. The Bertz CT molecular complexity index is 330. The molecule has 0 heterocycles. The number of hydrogen-bond donors (Lipinski definition) is 0. The summed E-state index contributed by atoms with van der Waals surface area (Å²) in [6.45, 7) is 5.88. The Labute approximate surface area is 85.5 Å². The zero-order chi connectivity index (χ0) is 9.42. The molecule has 0 N–H and O–H groups in total. The fourth-order valence-corrected chi connectivity index (χ4v) is 3.74. The zero-order valence-electron chi connectivity index (χ0n) is 7.76. The number of hydrogen-bond acceptors (Lipinski definition) is 0. The summed E-state index contributed by atoms with van der Waals surface area (Å²) < 4.78 is 0. The molecule has 3 atom stereocenters. The van der Waals surface area contributed by atoms with Gasteiger partial charge >= 0.3 is 0 Å². The summed E-state index contributed by atoms with van der Waals surface area (Å²) >= 11 is 6.08. The third-order valence-corrected chi connectivity index (χ3v) is 4.15. The summed E-state index contributed by atoms with van der Waals surface area (Å²) in [7, 11) is -0.757. The molecule has 0 spiro atoms. The molecule has 13 heavy (non-hydrogen) atoms. The van der Waals surface area contributed by atoms with E-state index in [0.717, 1.165) is 0 Å². The van der Waals surface area contributed by atoms with E-state index in [0.29, 0.717) is 17.8 Å². The SMILES string of the molecule is C=C=C1C2C=CC(C2)C1C=[Si](C)Cl. The van der Waals surface area contributed by atoms with Gasteiger partial charge < -0.3 is 0 Å². The molecule has 0 aliphatic heterocycles. The monoisotopic (exact) mass is 208 g/mol. The van der Waals surface area contributed by atoms with Crippen molar-refractivity contribution < 1.29 is 0 Å². The van der Waals surface area contributed by atoms with Gasteiger partial charge in [-0.3, -0.25) is 0 Å². The Morgan fingerprint density at radius 2 is 2.46 bits per heavy atom. The third kappa shape index (κ3) is 1.52. The van der Waals surface area contributed by atoms with E-state index in [9.17, 15) is 0 Å². The van der Waals surface area contributed by atoms with Gasteiger partial charge in [0.15, 0.2) is 0 Å². The van der Waals surface area contributed by atoms with Crippen LogP contribution in [0, 0.1) is 17.8 Å². The van der Waals surface area contributed by atoms with Gasteiger partial charge in [-0.1, -0.05) is 24.4 Å². The molecule has 0 nitrogen and oxygen atoms in total. The first kappa shape index (κ1) is 9.20. The number of allylic oxidation sites excluding steroid dienone is 3. The topological polar surface area (TPSA) is 0 Å². The van der Waals surface area contributed by atoms with Gasteiger partial charge in [0.25, 0.3) is 0 Å². The quantitative estimate of drug-likeness (QED) is 0.269. The standard InChI is InChI=1S/C11H13ClSi/c1-3-10-8-4-5-9(6-8)11(10)7-13(2)12/h4-5,7-9,11H,1,6H2,2H3. The second-order valence-corrected chi connectivity index (χ2v) is 7.10. The Morgan fingerprint density at radius 3 is 3.08 bits per heavy atom. The van der Waals surface area contributed by atoms with Gasteiger partial charge in [0.1, 0.15) is 7.72 Å². The highest BCUT2D eigenvalue weighted by molar-refractivity contribution is 7.08. The van der Waals surface area contributed by atoms with Crippen molar-refractivity contribution in [3.05, 3.63) is 30.0 Å². The summed E-state index contributed by atoms with van der Waals surface area (Å²) in [5.41, 5.74) is 6.78. The van der Waals surface area contributed by atoms with Crippen LogP contribution in [0.15, 0.2) is 30.0 Å². The maximum atomic E-state index is 6.08. The van der Waals surface area contributed by atoms with E-state index in [1.165, 1.54) is 12.0 Å². The van der Waals surface area contributed by atoms with E-state index in [1.54, 1.807) is 0 Å². The van der Waals surface area contributed by atoms with Gasteiger partial charge in [0.2, 0.25) is 0 Å². The molecule has 0 radical (unpaired) electrons. The molecule has 68 valence electrons. The maximum absolute atomic E-state index is 6.08. The fraction of sp³-hybridized carbons (Fsp3) is 0.455. The second kappa shape index (κ2) is 3.41. The average Bonchev–Trinajstić information content (AvgIpc) is 2.62. The van der Waals surface area contributed by atoms with E-state index < -0.39 is 7.72 Å². The van der Waals surface area contributed by atoms with Crippen LogP contribution in [-0.4, -0.2) is 13.4 Å². The summed E-state index contributed by atoms with van der Waals surface area (Å²) in [4.78, 5) is 0. The van der Waals surface area contributed by atoms with Gasteiger partial charge in [-0.2, -0.15) is 0 Å². The second-order valence-electron chi connectivity index (χ2n) is 3.80. The highest BCUT2D eigenvalue weighted by Gasteiger charge is 2.38. The molecular formula is C11H13ClSi. The van der Waals surface area contributed by atoms with Crippen molar-refractivity contribution in [2.45, 2.75) is 13.0 Å². The molecule has 2 aliphatic rings. The molecule has 2 aliphatic carbocycles. The van der Waals surface area contributed by atoms with E-state index >= 15 is 0 Å². The zero-order valence-corrected chi connectivity index (χ0v) is 9.51. The van der Waals surface area contributed by atoms with Crippen molar-refractivity contribution in [1.82, 2.24) is 0 Å². The molecule has 0 aromatic heterocycles. The van der Waals surface area contributed by atoms with Crippen LogP contribution in [0.4, 0.5) is 0 Å². The van der Waals surface area contributed by atoms with Crippen LogP contribution in [0.1, 0.15) is 6.42 Å². The molecular weight excluding hydrogens is 196 g/mol. The maximum Gasteiger partial charge on any atom is 0.117 e. The van der Waals surface area contributed by atoms with Crippen LogP contribution in [0.25, 0.3) is 0 Å². The smallest absolute Gasteiger partial charge is 0.117 e. The van der Waals surface area contributed by atoms with Gasteiger partial charge in [0, 0.05) is 11.8 Å². The summed E-state index contributed by atoms with van der Waals surface area (Å²) in [5, 5.41) is 0. The minimum Gasteiger partial charge on any atom is -0.140 e. The van der Waals surface area contributed by atoms with E-state index in [1.807, 2.05) is 0 Å². The first-order valence-electron chi connectivity index (χ1n) is 4.64. The van der Waals surface area contributed by atoms with Crippen molar-refractivity contribution in [3.8, 4) is 0 Å². The molecule has 0 aromatic carbocycles. The molecule has 1 saturated carbocycles. The third-order valence-electron chi connectivity index (χ3n) is 2.95. The van der Waals surface area contributed by atoms with Crippen LogP contribution in [0.3, 0.4) is 0 Å². The first-order valence-corrected chi connectivity index (χ1v) is 7.73. The first-order chi connectivity index (χ1) is 6.22. The van der Waals surface area contributed by atoms with E-state index in [2.05, 4.69) is 36.7 Å². The lowest BCUT2D eigenvalue weighted by atomic mass is 9.91. The van der Waals surface area contributed by atoms with Crippen LogP contribution in [-0.2, 0) is 0 Å².